The number of pyridine rings is 1. The highest BCUT2D eigenvalue weighted by Crippen LogP contribution is 2.30. The van der Waals surface area contributed by atoms with E-state index in [1.165, 1.54) is 0 Å². The van der Waals surface area contributed by atoms with Gasteiger partial charge in [0.05, 0.1) is 34.5 Å². The van der Waals surface area contributed by atoms with Gasteiger partial charge in [0.2, 0.25) is 11.8 Å². The molecule has 1 aliphatic rings. The van der Waals surface area contributed by atoms with E-state index in [4.69, 9.17) is 9.47 Å². The number of hydrogen-bond donors (Lipinski definition) is 2. The van der Waals surface area contributed by atoms with Crippen LogP contribution >= 0.6 is 0 Å². The molecule has 3 aromatic heterocycles. The summed E-state index contributed by atoms with van der Waals surface area (Å²) in [4.78, 5) is 35.4. The number of alkyl carbamates (subject to hydrolysis) is 1. The number of anilines is 1. The van der Waals surface area contributed by atoms with Gasteiger partial charge in [0.15, 0.2) is 0 Å². The molecule has 0 fully saturated rings. The molecule has 5 rings (SSSR count). The van der Waals surface area contributed by atoms with Crippen LogP contribution in [0.15, 0.2) is 42.6 Å². The van der Waals surface area contributed by atoms with Gasteiger partial charge >= 0.3 is 6.09 Å². The number of rotatable bonds is 1. The summed E-state index contributed by atoms with van der Waals surface area (Å²) >= 11 is 0. The zero-order chi connectivity index (χ0) is 27.7. The Bertz CT molecular complexity index is 1530. The topological polar surface area (TPSA) is 125 Å². The van der Waals surface area contributed by atoms with Crippen LogP contribution in [0.3, 0.4) is 0 Å². The second kappa shape index (κ2) is 10.4. The molecule has 4 aromatic rings. The van der Waals surface area contributed by atoms with Crippen molar-refractivity contribution >= 4 is 29.0 Å². The Hall–Kier alpha value is -4.41. The molecule has 0 saturated carbocycles. The van der Waals surface area contributed by atoms with Gasteiger partial charge in [0.25, 0.3) is 5.91 Å². The van der Waals surface area contributed by atoms with Crippen LogP contribution in [0.5, 0.6) is 5.88 Å². The first-order valence-corrected chi connectivity index (χ1v) is 13.0. The maximum atomic E-state index is 13.4. The molecule has 1 aliphatic heterocycles. The van der Waals surface area contributed by atoms with Crippen LogP contribution in [-0.4, -0.2) is 54.6 Å². The van der Waals surface area contributed by atoms with E-state index in [0.29, 0.717) is 53.7 Å². The maximum absolute atomic E-state index is 13.4. The Morgan fingerprint density at radius 2 is 2.00 bits per heavy atom. The highest BCUT2D eigenvalue weighted by atomic mass is 16.6. The van der Waals surface area contributed by atoms with E-state index in [1.807, 2.05) is 56.5 Å². The summed E-state index contributed by atoms with van der Waals surface area (Å²) in [5.41, 5.74) is 3.40. The minimum absolute atomic E-state index is 0.194. The van der Waals surface area contributed by atoms with Gasteiger partial charge in [-0.15, -0.1) is 0 Å². The lowest BCUT2D eigenvalue weighted by Gasteiger charge is -2.24. The van der Waals surface area contributed by atoms with Crippen molar-refractivity contribution in [3.05, 3.63) is 53.9 Å². The zero-order valence-electron chi connectivity index (χ0n) is 22.8. The van der Waals surface area contributed by atoms with Crippen LogP contribution in [0, 0.1) is 6.92 Å². The minimum Gasteiger partial charge on any atom is -0.475 e. The molecular weight excluding hydrogens is 498 g/mol. The van der Waals surface area contributed by atoms with Crippen molar-refractivity contribution < 1.29 is 19.1 Å². The van der Waals surface area contributed by atoms with E-state index in [9.17, 15) is 9.59 Å². The fourth-order valence-corrected chi connectivity index (χ4v) is 4.63. The Labute approximate surface area is 226 Å². The molecule has 0 unspecified atom stereocenters. The Balaban J connectivity index is 1.55. The normalized spacial score (nSPS) is 16.2. The number of nitrogens with one attached hydrogen (secondary N) is 2. The molecule has 11 nitrogen and oxygen atoms in total. The van der Waals surface area contributed by atoms with Crippen molar-refractivity contribution in [2.24, 2.45) is 7.05 Å². The summed E-state index contributed by atoms with van der Waals surface area (Å²) in [5, 5.41) is 10.3. The maximum Gasteiger partial charge on any atom is 0.407 e. The van der Waals surface area contributed by atoms with Gasteiger partial charge in [-0.25, -0.2) is 14.5 Å². The number of para-hydroxylation sites is 2. The van der Waals surface area contributed by atoms with Gasteiger partial charge in [-0.2, -0.15) is 5.10 Å². The van der Waals surface area contributed by atoms with Gasteiger partial charge in [-0.1, -0.05) is 12.1 Å². The molecule has 0 saturated heterocycles. The number of benzene rings is 1. The SMILES string of the molecule is Cc1cc2cc(n1)-c1cnn(C)c1OC[C@H](NC(=O)OC(C)(C)C)CCCn1c(nc3ccccc31)NC2=O. The van der Waals surface area contributed by atoms with Crippen LogP contribution in [0.25, 0.3) is 22.3 Å². The number of nitrogens with zero attached hydrogens (tertiary/aromatic N) is 5. The third-order valence-corrected chi connectivity index (χ3v) is 6.33. The molecule has 0 spiro atoms. The van der Waals surface area contributed by atoms with Crippen LogP contribution in [0.2, 0.25) is 0 Å². The minimum atomic E-state index is -0.628. The smallest absolute Gasteiger partial charge is 0.407 e. The van der Waals surface area contributed by atoms with Crippen LogP contribution < -0.4 is 15.4 Å². The Morgan fingerprint density at radius 1 is 1.21 bits per heavy atom. The number of fused-ring (bicyclic) bond motifs is 7. The van der Waals surface area contributed by atoms with E-state index >= 15 is 0 Å². The number of amides is 2. The third kappa shape index (κ3) is 5.87. The average molecular weight is 532 g/mol. The van der Waals surface area contributed by atoms with Crippen molar-refractivity contribution in [1.29, 1.82) is 0 Å². The van der Waals surface area contributed by atoms with Crippen LogP contribution in [-0.2, 0) is 18.3 Å². The highest BCUT2D eigenvalue weighted by molar-refractivity contribution is 6.04. The number of imidazole rings is 1. The third-order valence-electron chi connectivity index (χ3n) is 6.33. The van der Waals surface area contributed by atoms with E-state index < -0.39 is 11.7 Å². The number of ether oxygens (including phenoxy) is 2. The summed E-state index contributed by atoms with van der Waals surface area (Å²) in [6.45, 7) is 8.07. The summed E-state index contributed by atoms with van der Waals surface area (Å²) in [6.07, 6.45) is 2.43. The van der Waals surface area contributed by atoms with Crippen molar-refractivity contribution in [2.45, 2.75) is 58.7 Å². The number of carbonyl (C=O) groups is 2. The first kappa shape index (κ1) is 26.2. The van der Waals surface area contributed by atoms with Crippen molar-refractivity contribution in [2.75, 3.05) is 11.9 Å². The molecule has 39 heavy (non-hydrogen) atoms. The molecule has 2 bridgehead atoms. The molecule has 2 amide bonds. The van der Waals surface area contributed by atoms with E-state index in [1.54, 1.807) is 30.1 Å². The predicted molar refractivity (Wildman–Crippen MR) is 147 cm³/mol. The molecule has 4 heterocycles. The molecule has 11 heteroatoms. The second-order valence-electron chi connectivity index (χ2n) is 10.7. The molecule has 204 valence electrons. The summed E-state index contributed by atoms with van der Waals surface area (Å²) in [5.74, 6) is 0.662. The molecule has 2 N–H and O–H groups in total. The largest absolute Gasteiger partial charge is 0.475 e. The quantitative estimate of drug-likeness (QED) is 0.372. The van der Waals surface area contributed by atoms with Crippen LogP contribution in [0.1, 0.15) is 49.7 Å². The standard InChI is InChI=1S/C28H33N7O4/c1-17-13-18-14-22(30-17)20-15-29-34(5)25(20)38-16-19(31-27(37)39-28(2,3)4)9-8-12-35-23-11-7-6-10-21(23)32-26(35)33-24(18)36/h6-7,10-11,13-15,19H,8-9,12,16H2,1-5H3,(H,31,37)(H,32,33,36)/t19-/m1/s1. The van der Waals surface area contributed by atoms with Gasteiger partial charge in [0, 0.05) is 24.8 Å². The van der Waals surface area contributed by atoms with E-state index in [0.717, 1.165) is 11.0 Å². The fourth-order valence-electron chi connectivity index (χ4n) is 4.63. The lowest BCUT2D eigenvalue weighted by molar-refractivity contribution is 0.0482. The molecule has 1 aromatic carbocycles. The summed E-state index contributed by atoms with van der Waals surface area (Å²) < 4.78 is 15.3. The Morgan fingerprint density at radius 3 is 2.79 bits per heavy atom. The lowest BCUT2D eigenvalue weighted by atomic mass is 10.1. The lowest BCUT2D eigenvalue weighted by Crippen LogP contribution is -2.42. The first-order valence-electron chi connectivity index (χ1n) is 13.0. The average Bonchev–Trinajstić information content (AvgIpc) is 3.40. The number of hydrogen-bond acceptors (Lipinski definition) is 7. The Kier molecular flexibility index (Phi) is 6.98. The fraction of sp³-hybridized carbons (Fsp3) is 0.393. The van der Waals surface area contributed by atoms with E-state index in [-0.39, 0.29) is 18.6 Å². The van der Waals surface area contributed by atoms with Crippen molar-refractivity contribution in [1.82, 2.24) is 29.6 Å². The predicted octanol–water partition coefficient (Wildman–Crippen LogP) is 4.46. The summed E-state index contributed by atoms with van der Waals surface area (Å²) in [7, 11) is 1.77. The number of carbonyl (C=O) groups excluding carboxylic acids is 2. The van der Waals surface area contributed by atoms with Gasteiger partial charge < -0.3 is 19.4 Å². The second-order valence-corrected chi connectivity index (χ2v) is 10.7. The molecule has 0 radical (unpaired) electrons. The molecule has 1 atom stereocenters. The highest BCUT2D eigenvalue weighted by Gasteiger charge is 2.23. The number of aryl methyl sites for hydroxylation is 3. The van der Waals surface area contributed by atoms with Gasteiger partial charge in [-0.05, 0) is 64.8 Å². The zero-order valence-corrected chi connectivity index (χ0v) is 22.8. The van der Waals surface area contributed by atoms with Crippen molar-refractivity contribution in [3.8, 4) is 17.1 Å². The first-order chi connectivity index (χ1) is 18.6. The monoisotopic (exact) mass is 531 g/mol. The molecular formula is C28H33N7O4. The van der Waals surface area contributed by atoms with E-state index in [2.05, 4.69) is 25.7 Å². The number of aromatic nitrogens is 5. The van der Waals surface area contributed by atoms with Crippen LogP contribution in [0.4, 0.5) is 10.7 Å². The summed E-state index contributed by atoms with van der Waals surface area (Å²) in [6, 6.07) is 10.9. The van der Waals surface area contributed by atoms with Gasteiger partial charge in [0.1, 0.15) is 12.2 Å². The van der Waals surface area contributed by atoms with Gasteiger partial charge in [-0.3, -0.25) is 15.1 Å². The molecule has 0 aliphatic carbocycles. The van der Waals surface area contributed by atoms with Crippen molar-refractivity contribution in [3.63, 3.8) is 0 Å².